The summed E-state index contributed by atoms with van der Waals surface area (Å²) in [6.07, 6.45) is 2.13. The number of carbonyl (C=O) groups is 1. The monoisotopic (exact) mass is 556 g/mol. The summed E-state index contributed by atoms with van der Waals surface area (Å²) in [4.78, 5) is 15.2. The first-order chi connectivity index (χ1) is 17.1. The highest BCUT2D eigenvalue weighted by atomic mass is 35.5. The van der Waals surface area contributed by atoms with Crippen molar-refractivity contribution in [1.82, 2.24) is 9.21 Å². The number of morpholine rings is 1. The van der Waals surface area contributed by atoms with Gasteiger partial charge in [-0.3, -0.25) is 9.52 Å². The number of amides is 1. The number of hydrogen-bond donors (Lipinski definition) is 2. The molecule has 2 aromatic carbocycles. The van der Waals surface area contributed by atoms with Crippen molar-refractivity contribution in [2.75, 3.05) is 61.7 Å². The molecule has 0 aliphatic carbocycles. The maximum atomic E-state index is 13.0. The van der Waals surface area contributed by atoms with Crippen molar-refractivity contribution in [3.63, 3.8) is 0 Å². The van der Waals surface area contributed by atoms with Crippen molar-refractivity contribution >= 4 is 48.9 Å². The maximum Gasteiger partial charge on any atom is 0.257 e. The van der Waals surface area contributed by atoms with E-state index in [0.29, 0.717) is 25.4 Å². The van der Waals surface area contributed by atoms with Gasteiger partial charge in [-0.2, -0.15) is 4.31 Å². The molecule has 2 heterocycles. The zero-order valence-corrected chi connectivity index (χ0v) is 22.0. The first-order valence-electron chi connectivity index (χ1n) is 11.7. The minimum Gasteiger partial charge on any atom is -0.379 e. The lowest BCUT2D eigenvalue weighted by atomic mass is 10.1. The standard InChI is InChI=1S/C23H29ClN4O6S2/c24-18-3-8-22(26-35(30,31)16-13-27-9-1-2-10-27)21(17-18)23(29)25-19-4-6-20(7-5-19)36(32,33)28-11-14-34-15-12-28/h3-8,17,26H,1-2,9-16H2,(H,25,29). The number of hydrogen-bond acceptors (Lipinski definition) is 7. The van der Waals surface area contributed by atoms with Crippen molar-refractivity contribution in [2.24, 2.45) is 0 Å². The summed E-state index contributed by atoms with van der Waals surface area (Å²) in [6.45, 7) is 3.45. The molecule has 2 aliphatic heterocycles. The molecule has 0 saturated carbocycles. The van der Waals surface area contributed by atoms with E-state index < -0.39 is 26.0 Å². The fraction of sp³-hybridized carbons (Fsp3) is 0.435. The summed E-state index contributed by atoms with van der Waals surface area (Å²) in [7, 11) is -7.35. The SMILES string of the molecule is O=C(Nc1ccc(S(=O)(=O)N2CCOCC2)cc1)c1cc(Cl)ccc1NS(=O)(=O)CCN1CCCC1. The molecule has 2 N–H and O–H groups in total. The van der Waals surface area contributed by atoms with Gasteiger partial charge < -0.3 is 15.0 Å². The lowest BCUT2D eigenvalue weighted by Crippen LogP contribution is -2.40. The van der Waals surface area contributed by atoms with Crippen LogP contribution >= 0.6 is 11.6 Å². The van der Waals surface area contributed by atoms with E-state index in [2.05, 4.69) is 14.9 Å². The molecule has 2 fully saturated rings. The van der Waals surface area contributed by atoms with E-state index in [1.807, 2.05) is 0 Å². The van der Waals surface area contributed by atoms with Crippen molar-refractivity contribution < 1.29 is 26.4 Å². The Morgan fingerprint density at radius 3 is 2.28 bits per heavy atom. The lowest BCUT2D eigenvalue weighted by molar-refractivity contribution is 0.0730. The zero-order chi connectivity index (χ0) is 25.8. The highest BCUT2D eigenvalue weighted by Gasteiger charge is 2.26. The Morgan fingerprint density at radius 1 is 0.944 bits per heavy atom. The second kappa shape index (κ2) is 11.4. The van der Waals surface area contributed by atoms with Crippen LogP contribution < -0.4 is 10.0 Å². The van der Waals surface area contributed by atoms with Crippen LogP contribution in [0.3, 0.4) is 0 Å². The van der Waals surface area contributed by atoms with Gasteiger partial charge in [0.15, 0.2) is 0 Å². The fourth-order valence-corrected chi connectivity index (χ4v) is 6.81. The number of sulfonamides is 2. The van der Waals surface area contributed by atoms with Gasteiger partial charge in [-0.25, -0.2) is 16.8 Å². The van der Waals surface area contributed by atoms with E-state index >= 15 is 0 Å². The molecule has 0 radical (unpaired) electrons. The van der Waals surface area contributed by atoms with Crippen LogP contribution in [0.25, 0.3) is 0 Å². The third-order valence-electron chi connectivity index (χ3n) is 6.09. The minimum atomic E-state index is -3.69. The second-order valence-electron chi connectivity index (χ2n) is 8.65. The van der Waals surface area contributed by atoms with E-state index in [0.717, 1.165) is 25.9 Å². The normalized spacial score (nSPS) is 17.7. The van der Waals surface area contributed by atoms with Crippen molar-refractivity contribution in [3.8, 4) is 0 Å². The highest BCUT2D eigenvalue weighted by molar-refractivity contribution is 7.92. The average Bonchev–Trinajstić information content (AvgIpc) is 3.39. The Hall–Kier alpha value is -2.22. The van der Waals surface area contributed by atoms with Crippen LogP contribution in [-0.4, -0.2) is 83.6 Å². The largest absolute Gasteiger partial charge is 0.379 e. The number of ether oxygens (including phenoxy) is 1. The number of nitrogens with zero attached hydrogens (tertiary/aromatic N) is 2. The van der Waals surface area contributed by atoms with Gasteiger partial charge in [-0.1, -0.05) is 11.6 Å². The maximum absolute atomic E-state index is 13.0. The summed E-state index contributed by atoms with van der Waals surface area (Å²) in [5.74, 6) is -0.672. The van der Waals surface area contributed by atoms with Gasteiger partial charge in [0.2, 0.25) is 20.0 Å². The van der Waals surface area contributed by atoms with Gasteiger partial charge in [0.05, 0.1) is 35.1 Å². The van der Waals surface area contributed by atoms with E-state index in [9.17, 15) is 21.6 Å². The van der Waals surface area contributed by atoms with Crippen LogP contribution in [0.5, 0.6) is 0 Å². The number of nitrogens with one attached hydrogen (secondary N) is 2. The van der Waals surface area contributed by atoms with Gasteiger partial charge in [0, 0.05) is 30.3 Å². The molecule has 2 aromatic rings. The topological polar surface area (TPSA) is 125 Å². The Balaban J connectivity index is 1.45. The molecule has 2 saturated heterocycles. The molecule has 0 aromatic heterocycles. The van der Waals surface area contributed by atoms with Crippen LogP contribution in [0.1, 0.15) is 23.2 Å². The molecule has 13 heteroatoms. The second-order valence-corrected chi connectivity index (χ2v) is 12.9. The Bertz CT molecular complexity index is 1290. The smallest absolute Gasteiger partial charge is 0.257 e. The summed E-state index contributed by atoms with van der Waals surface area (Å²) >= 11 is 6.08. The predicted octanol–water partition coefficient (Wildman–Crippen LogP) is 2.45. The van der Waals surface area contributed by atoms with Crippen molar-refractivity contribution in [2.45, 2.75) is 17.7 Å². The molecular formula is C23H29ClN4O6S2. The summed E-state index contributed by atoms with van der Waals surface area (Å²) in [5.41, 5.74) is 0.519. The molecule has 0 bridgehead atoms. The lowest BCUT2D eigenvalue weighted by Gasteiger charge is -2.26. The van der Waals surface area contributed by atoms with Crippen LogP contribution in [0.2, 0.25) is 5.02 Å². The van der Waals surface area contributed by atoms with Crippen LogP contribution in [0, 0.1) is 0 Å². The van der Waals surface area contributed by atoms with Crippen molar-refractivity contribution in [1.29, 1.82) is 0 Å². The number of carbonyl (C=O) groups excluding carboxylic acids is 1. The van der Waals surface area contributed by atoms with Gasteiger partial charge in [-0.05, 0) is 68.4 Å². The Kier molecular flexibility index (Phi) is 8.53. The van der Waals surface area contributed by atoms with Crippen LogP contribution in [0.4, 0.5) is 11.4 Å². The molecule has 0 unspecified atom stereocenters. The molecule has 10 nitrogen and oxygen atoms in total. The van der Waals surface area contributed by atoms with E-state index in [4.69, 9.17) is 16.3 Å². The first kappa shape index (κ1) is 26.8. The molecule has 1 amide bonds. The molecule has 0 atom stereocenters. The molecule has 0 spiro atoms. The number of benzene rings is 2. The predicted molar refractivity (Wildman–Crippen MR) is 139 cm³/mol. The number of likely N-dealkylation sites (tertiary alicyclic amines) is 1. The number of rotatable bonds is 9. The Labute approximate surface area is 216 Å². The average molecular weight is 557 g/mol. The van der Waals surface area contributed by atoms with E-state index in [-0.39, 0.29) is 40.0 Å². The summed E-state index contributed by atoms with van der Waals surface area (Å²) in [5, 5.41) is 2.95. The Morgan fingerprint density at radius 2 is 1.61 bits per heavy atom. The molecular weight excluding hydrogens is 528 g/mol. The first-order valence-corrected chi connectivity index (χ1v) is 15.1. The number of halogens is 1. The molecule has 36 heavy (non-hydrogen) atoms. The van der Waals surface area contributed by atoms with Gasteiger partial charge in [-0.15, -0.1) is 0 Å². The summed E-state index contributed by atoms with van der Waals surface area (Å²) < 4.78 is 60.0. The minimum absolute atomic E-state index is 0.0530. The van der Waals surface area contributed by atoms with E-state index in [1.54, 1.807) is 0 Å². The quantitative estimate of drug-likeness (QED) is 0.486. The van der Waals surface area contributed by atoms with Crippen LogP contribution in [-0.2, 0) is 24.8 Å². The van der Waals surface area contributed by atoms with Gasteiger partial charge in [0.1, 0.15) is 0 Å². The van der Waals surface area contributed by atoms with Gasteiger partial charge >= 0.3 is 0 Å². The fourth-order valence-electron chi connectivity index (χ4n) is 4.11. The highest BCUT2D eigenvalue weighted by Crippen LogP contribution is 2.25. The third-order valence-corrected chi connectivity index (χ3v) is 9.49. The van der Waals surface area contributed by atoms with Gasteiger partial charge in [0.25, 0.3) is 5.91 Å². The number of anilines is 2. The molecule has 2 aliphatic rings. The molecule has 196 valence electrons. The third kappa shape index (κ3) is 6.75. The van der Waals surface area contributed by atoms with Crippen LogP contribution in [0.15, 0.2) is 47.4 Å². The zero-order valence-electron chi connectivity index (χ0n) is 19.7. The molecule has 4 rings (SSSR count). The summed E-state index contributed by atoms with van der Waals surface area (Å²) in [6, 6.07) is 10.1. The van der Waals surface area contributed by atoms with Crippen molar-refractivity contribution in [3.05, 3.63) is 53.1 Å². The van der Waals surface area contributed by atoms with E-state index in [1.165, 1.54) is 46.8 Å².